The van der Waals surface area contributed by atoms with Gasteiger partial charge in [0.25, 0.3) is 0 Å². The molecule has 23 heavy (non-hydrogen) atoms. The quantitative estimate of drug-likeness (QED) is 0.777. The number of amides is 1. The zero-order valence-corrected chi connectivity index (χ0v) is 14.2. The molecule has 0 aliphatic heterocycles. The molecule has 1 aromatic heterocycles. The molecule has 1 heterocycles. The van der Waals surface area contributed by atoms with Gasteiger partial charge < -0.3 is 20.9 Å². The van der Waals surface area contributed by atoms with E-state index < -0.39 is 17.8 Å². The zero-order valence-electron chi connectivity index (χ0n) is 14.2. The Morgan fingerprint density at radius 1 is 1.43 bits per heavy atom. The predicted molar refractivity (Wildman–Crippen MR) is 89.0 cm³/mol. The average molecular weight is 321 g/mol. The minimum absolute atomic E-state index is 0.0567. The van der Waals surface area contributed by atoms with Gasteiger partial charge in [0.2, 0.25) is 0 Å². The highest BCUT2D eigenvalue weighted by Gasteiger charge is 2.37. The Hall–Kier alpha value is -1.82. The summed E-state index contributed by atoms with van der Waals surface area (Å²) in [7, 11) is 0. The Labute approximate surface area is 137 Å². The summed E-state index contributed by atoms with van der Waals surface area (Å²) < 4.78 is 5.29. The molecule has 4 atom stereocenters. The lowest BCUT2D eigenvalue weighted by Crippen LogP contribution is -2.51. The fourth-order valence-electron chi connectivity index (χ4n) is 3.17. The summed E-state index contributed by atoms with van der Waals surface area (Å²) in [6, 6.07) is 1.56. The van der Waals surface area contributed by atoms with Gasteiger partial charge >= 0.3 is 6.09 Å². The number of nitrogens with zero attached hydrogens (tertiary/aromatic N) is 1. The number of aromatic nitrogens is 1. The van der Waals surface area contributed by atoms with Crippen LogP contribution in [0.1, 0.15) is 52.0 Å². The van der Waals surface area contributed by atoms with Crippen LogP contribution in [0.25, 0.3) is 0 Å². The molecule has 128 valence electrons. The molecule has 1 amide bonds. The molecule has 2 rings (SSSR count). The summed E-state index contributed by atoms with van der Waals surface area (Å²) in [5.41, 5.74) is 7.13. The van der Waals surface area contributed by atoms with E-state index in [4.69, 9.17) is 10.5 Å². The van der Waals surface area contributed by atoms with Gasteiger partial charge in [-0.05, 0) is 57.1 Å². The van der Waals surface area contributed by atoms with Crippen molar-refractivity contribution >= 4 is 11.8 Å². The first-order valence-corrected chi connectivity index (χ1v) is 8.04. The van der Waals surface area contributed by atoms with Crippen LogP contribution in [0.2, 0.25) is 0 Å². The van der Waals surface area contributed by atoms with Crippen molar-refractivity contribution in [3.8, 4) is 0 Å². The van der Waals surface area contributed by atoms with E-state index >= 15 is 0 Å². The number of pyridine rings is 1. The summed E-state index contributed by atoms with van der Waals surface area (Å²) in [4.78, 5) is 16.0. The Kier molecular flexibility index (Phi) is 5.14. The van der Waals surface area contributed by atoms with Crippen LogP contribution in [-0.2, 0) is 4.74 Å². The SMILES string of the molecule is C[C@H]1C[C@@H](c2ccncc2N)C[C@@H](NC(=O)OC(C)(C)C)[C@@H]1O. The fourth-order valence-corrected chi connectivity index (χ4v) is 3.17. The third-order valence-electron chi connectivity index (χ3n) is 4.22. The lowest BCUT2D eigenvalue weighted by molar-refractivity contribution is 0.0176. The van der Waals surface area contributed by atoms with E-state index in [1.165, 1.54) is 0 Å². The summed E-state index contributed by atoms with van der Waals surface area (Å²) in [5, 5.41) is 13.2. The molecule has 1 aliphatic carbocycles. The van der Waals surface area contributed by atoms with Crippen molar-refractivity contribution in [1.29, 1.82) is 0 Å². The van der Waals surface area contributed by atoms with Crippen molar-refractivity contribution in [1.82, 2.24) is 10.3 Å². The number of aliphatic hydroxyl groups excluding tert-OH is 1. The van der Waals surface area contributed by atoms with Crippen molar-refractivity contribution in [2.24, 2.45) is 5.92 Å². The van der Waals surface area contributed by atoms with Crippen molar-refractivity contribution in [3.63, 3.8) is 0 Å². The molecule has 0 aromatic carbocycles. The number of ether oxygens (including phenoxy) is 1. The van der Waals surface area contributed by atoms with Crippen LogP contribution < -0.4 is 11.1 Å². The molecule has 0 spiro atoms. The van der Waals surface area contributed by atoms with Gasteiger partial charge in [0, 0.05) is 6.20 Å². The number of carbonyl (C=O) groups excluding carboxylic acids is 1. The Balaban J connectivity index is 2.10. The Morgan fingerprint density at radius 3 is 2.74 bits per heavy atom. The minimum atomic E-state index is -0.596. The average Bonchev–Trinajstić information content (AvgIpc) is 2.42. The number of nitrogens with one attached hydrogen (secondary N) is 1. The van der Waals surface area contributed by atoms with E-state index in [0.717, 1.165) is 12.0 Å². The maximum atomic E-state index is 12.0. The van der Waals surface area contributed by atoms with Crippen molar-refractivity contribution in [2.45, 2.75) is 64.2 Å². The highest BCUT2D eigenvalue weighted by molar-refractivity contribution is 5.68. The first-order chi connectivity index (χ1) is 10.7. The van der Waals surface area contributed by atoms with Crippen molar-refractivity contribution < 1.29 is 14.6 Å². The van der Waals surface area contributed by atoms with E-state index in [-0.39, 0.29) is 17.9 Å². The first-order valence-electron chi connectivity index (χ1n) is 8.04. The second-order valence-corrected chi connectivity index (χ2v) is 7.39. The molecule has 0 saturated heterocycles. The van der Waals surface area contributed by atoms with Gasteiger partial charge in [-0.25, -0.2) is 4.79 Å². The third kappa shape index (κ3) is 4.58. The van der Waals surface area contributed by atoms with Crippen LogP contribution in [0.15, 0.2) is 18.5 Å². The number of aliphatic hydroxyl groups is 1. The summed E-state index contributed by atoms with van der Waals surface area (Å²) in [6.45, 7) is 7.42. The van der Waals surface area contributed by atoms with Crippen LogP contribution in [0.3, 0.4) is 0 Å². The molecule has 6 nitrogen and oxygen atoms in total. The van der Waals surface area contributed by atoms with Crippen LogP contribution in [0.4, 0.5) is 10.5 Å². The first kappa shape index (κ1) is 17.5. The Bertz CT molecular complexity index is 556. The molecule has 6 heteroatoms. The van der Waals surface area contributed by atoms with Gasteiger partial charge in [0.05, 0.1) is 24.0 Å². The van der Waals surface area contributed by atoms with Gasteiger partial charge in [-0.2, -0.15) is 0 Å². The van der Waals surface area contributed by atoms with Gasteiger partial charge in [0.15, 0.2) is 0 Å². The van der Waals surface area contributed by atoms with E-state index in [1.54, 1.807) is 12.4 Å². The van der Waals surface area contributed by atoms with Crippen molar-refractivity contribution in [3.05, 3.63) is 24.0 Å². The van der Waals surface area contributed by atoms with Crippen LogP contribution >= 0.6 is 0 Å². The van der Waals surface area contributed by atoms with E-state index in [2.05, 4.69) is 10.3 Å². The second kappa shape index (κ2) is 6.74. The molecule has 1 fully saturated rings. The molecule has 1 aromatic rings. The molecule has 1 saturated carbocycles. The summed E-state index contributed by atoms with van der Waals surface area (Å²) in [5.74, 6) is 0.234. The number of carbonyl (C=O) groups is 1. The molecule has 0 unspecified atom stereocenters. The molecular formula is C17H27N3O3. The Morgan fingerprint density at radius 2 is 2.13 bits per heavy atom. The number of hydrogen-bond donors (Lipinski definition) is 3. The van der Waals surface area contributed by atoms with Gasteiger partial charge in [0.1, 0.15) is 5.60 Å². The number of alkyl carbamates (subject to hydrolysis) is 1. The largest absolute Gasteiger partial charge is 0.444 e. The number of nitrogens with two attached hydrogens (primary N) is 1. The standard InChI is InChI=1S/C17H27N3O3/c1-10-7-11(12-5-6-19-9-13(12)18)8-14(15(10)21)20-16(22)23-17(2,3)4/h5-6,9-11,14-15,21H,7-8,18H2,1-4H3,(H,20,22)/t10-,11+,14+,15+/m0/s1. The fraction of sp³-hybridized carbons (Fsp3) is 0.647. The van der Waals surface area contributed by atoms with E-state index in [1.807, 2.05) is 33.8 Å². The summed E-state index contributed by atoms with van der Waals surface area (Å²) in [6.07, 6.45) is 3.71. The number of nitrogen functional groups attached to an aromatic ring is 1. The van der Waals surface area contributed by atoms with E-state index in [0.29, 0.717) is 12.1 Å². The number of rotatable bonds is 2. The maximum Gasteiger partial charge on any atom is 0.407 e. The van der Waals surface area contributed by atoms with E-state index in [9.17, 15) is 9.90 Å². The van der Waals surface area contributed by atoms with Gasteiger partial charge in [-0.15, -0.1) is 0 Å². The van der Waals surface area contributed by atoms with Crippen LogP contribution in [-0.4, -0.2) is 33.9 Å². The number of hydrogen-bond acceptors (Lipinski definition) is 5. The molecule has 0 radical (unpaired) electrons. The molecule has 1 aliphatic rings. The molecule has 0 bridgehead atoms. The smallest absolute Gasteiger partial charge is 0.407 e. The van der Waals surface area contributed by atoms with Crippen molar-refractivity contribution in [2.75, 3.05) is 5.73 Å². The number of anilines is 1. The van der Waals surface area contributed by atoms with Gasteiger partial charge in [-0.1, -0.05) is 6.92 Å². The monoisotopic (exact) mass is 321 g/mol. The van der Waals surface area contributed by atoms with Crippen LogP contribution in [0.5, 0.6) is 0 Å². The molecular weight excluding hydrogens is 294 g/mol. The maximum absolute atomic E-state index is 12.0. The second-order valence-electron chi connectivity index (χ2n) is 7.39. The highest BCUT2D eigenvalue weighted by atomic mass is 16.6. The molecule has 4 N–H and O–H groups in total. The zero-order chi connectivity index (χ0) is 17.2. The summed E-state index contributed by atoms with van der Waals surface area (Å²) >= 11 is 0. The lowest BCUT2D eigenvalue weighted by Gasteiger charge is -2.38. The lowest BCUT2D eigenvalue weighted by atomic mass is 9.74. The topological polar surface area (TPSA) is 97.5 Å². The van der Waals surface area contributed by atoms with Gasteiger partial charge in [-0.3, -0.25) is 4.98 Å². The third-order valence-corrected chi connectivity index (χ3v) is 4.22. The predicted octanol–water partition coefficient (Wildman–Crippen LogP) is 2.43. The van der Waals surface area contributed by atoms with Crippen LogP contribution in [0, 0.1) is 5.92 Å². The highest BCUT2D eigenvalue weighted by Crippen LogP contribution is 2.38. The normalized spacial score (nSPS) is 28.2. The minimum Gasteiger partial charge on any atom is -0.444 e.